The van der Waals surface area contributed by atoms with E-state index in [0.717, 1.165) is 30.9 Å². The summed E-state index contributed by atoms with van der Waals surface area (Å²) in [5.74, 6) is 1.28. The standard InChI is InChI=1S/C21H31N3O2/c1-14-5-4-6-17(13-24(2)20-10-15(11-20)12-20)21(14,26-3)16-7-8-23-18(9-16)19(22)25/h7-9,14-15,17H,4-6,10-13H2,1-3H3,(H2,22,25). The Bertz CT molecular complexity index is 689. The minimum atomic E-state index is -0.482. The average molecular weight is 357 g/mol. The van der Waals surface area contributed by atoms with Crippen LogP contribution in [-0.2, 0) is 10.3 Å². The Morgan fingerprint density at radius 2 is 2.12 bits per heavy atom. The van der Waals surface area contributed by atoms with Crippen LogP contribution in [0.25, 0.3) is 0 Å². The maximum absolute atomic E-state index is 11.7. The molecule has 4 saturated carbocycles. The van der Waals surface area contributed by atoms with Crippen molar-refractivity contribution in [1.29, 1.82) is 0 Å². The SMILES string of the molecule is COC1(c2ccnc(C(N)=O)c2)C(C)CCCC1CN(C)C12CC(C1)C2. The molecule has 3 unspecified atom stereocenters. The van der Waals surface area contributed by atoms with Gasteiger partial charge in [-0.15, -0.1) is 0 Å². The number of ether oxygens (including phenoxy) is 1. The molecule has 1 aromatic rings. The number of hydrogen-bond donors (Lipinski definition) is 1. The normalized spacial score (nSPS) is 38.5. The van der Waals surface area contributed by atoms with Crippen LogP contribution in [0, 0.1) is 17.8 Å². The van der Waals surface area contributed by atoms with Gasteiger partial charge in [-0.1, -0.05) is 13.3 Å². The number of aromatic nitrogens is 1. The van der Waals surface area contributed by atoms with Gasteiger partial charge in [0.25, 0.3) is 5.91 Å². The van der Waals surface area contributed by atoms with Crippen LogP contribution < -0.4 is 5.73 Å². The predicted octanol–water partition coefficient (Wildman–Crippen LogP) is 2.94. The third-order valence-electron chi connectivity index (χ3n) is 7.64. The van der Waals surface area contributed by atoms with Gasteiger partial charge in [0.05, 0.1) is 5.60 Å². The van der Waals surface area contributed by atoms with Gasteiger partial charge in [-0.2, -0.15) is 0 Å². The summed E-state index contributed by atoms with van der Waals surface area (Å²) in [6, 6.07) is 3.85. The summed E-state index contributed by atoms with van der Waals surface area (Å²) in [5.41, 5.74) is 6.93. The van der Waals surface area contributed by atoms with Crippen LogP contribution in [-0.4, -0.2) is 42.0 Å². The Balaban J connectivity index is 1.66. The van der Waals surface area contributed by atoms with E-state index < -0.39 is 5.91 Å². The molecule has 0 radical (unpaired) electrons. The Labute approximate surface area is 156 Å². The lowest BCUT2D eigenvalue weighted by molar-refractivity contribution is -0.171. The highest BCUT2D eigenvalue weighted by atomic mass is 16.5. The van der Waals surface area contributed by atoms with Crippen molar-refractivity contribution in [2.45, 2.75) is 56.6 Å². The first-order valence-electron chi connectivity index (χ1n) is 9.94. The van der Waals surface area contributed by atoms with Crippen LogP contribution in [0.2, 0.25) is 0 Å². The fourth-order valence-corrected chi connectivity index (χ4v) is 5.97. The van der Waals surface area contributed by atoms with Crippen molar-refractivity contribution in [3.05, 3.63) is 29.6 Å². The largest absolute Gasteiger partial charge is 0.373 e. The van der Waals surface area contributed by atoms with Crippen LogP contribution in [0.1, 0.15) is 61.5 Å². The van der Waals surface area contributed by atoms with E-state index in [-0.39, 0.29) is 5.60 Å². The van der Waals surface area contributed by atoms with E-state index in [1.165, 1.54) is 25.7 Å². The summed E-state index contributed by atoms with van der Waals surface area (Å²) in [6.07, 6.45) is 9.31. The number of nitrogens with two attached hydrogens (primary N) is 1. The second kappa shape index (κ2) is 6.31. The lowest BCUT2D eigenvalue weighted by Crippen LogP contribution is -2.68. The molecule has 5 nitrogen and oxygen atoms in total. The molecule has 0 aromatic carbocycles. The van der Waals surface area contributed by atoms with Crippen LogP contribution in [0.4, 0.5) is 0 Å². The van der Waals surface area contributed by atoms with Crippen LogP contribution in [0.5, 0.6) is 0 Å². The third-order valence-corrected chi connectivity index (χ3v) is 7.64. The fourth-order valence-electron chi connectivity index (χ4n) is 5.97. The number of primary amides is 1. The quantitative estimate of drug-likeness (QED) is 0.850. The van der Waals surface area contributed by atoms with Crippen molar-refractivity contribution in [1.82, 2.24) is 9.88 Å². The van der Waals surface area contributed by atoms with Crippen LogP contribution >= 0.6 is 0 Å². The van der Waals surface area contributed by atoms with Gasteiger partial charge in [0.1, 0.15) is 5.69 Å². The van der Waals surface area contributed by atoms with Crippen LogP contribution in [0.3, 0.4) is 0 Å². The zero-order valence-corrected chi connectivity index (χ0v) is 16.2. The highest BCUT2D eigenvalue weighted by molar-refractivity contribution is 5.90. The van der Waals surface area contributed by atoms with Crippen molar-refractivity contribution in [3.8, 4) is 0 Å². The van der Waals surface area contributed by atoms with Gasteiger partial charge in [0, 0.05) is 31.3 Å². The maximum atomic E-state index is 11.7. The first-order valence-corrected chi connectivity index (χ1v) is 9.94. The summed E-state index contributed by atoms with van der Waals surface area (Å²) in [6.45, 7) is 3.32. The van der Waals surface area contributed by atoms with Crippen molar-refractivity contribution >= 4 is 5.91 Å². The number of rotatable bonds is 6. The van der Waals surface area contributed by atoms with E-state index >= 15 is 0 Å². The molecule has 4 fully saturated rings. The Morgan fingerprint density at radius 1 is 1.38 bits per heavy atom. The Kier molecular flexibility index (Phi) is 4.35. The third kappa shape index (κ3) is 2.51. The van der Waals surface area contributed by atoms with Crippen LogP contribution in [0.15, 0.2) is 18.3 Å². The number of amides is 1. The molecule has 4 aliphatic rings. The van der Waals surface area contributed by atoms with Gasteiger partial charge in [-0.05, 0) is 68.7 Å². The number of methoxy groups -OCH3 is 1. The monoisotopic (exact) mass is 357 g/mol. The maximum Gasteiger partial charge on any atom is 0.267 e. The molecule has 5 rings (SSSR count). The van der Waals surface area contributed by atoms with E-state index in [1.54, 1.807) is 6.20 Å². The van der Waals surface area contributed by atoms with E-state index in [9.17, 15) is 4.79 Å². The van der Waals surface area contributed by atoms with Crippen molar-refractivity contribution in [3.63, 3.8) is 0 Å². The minimum absolute atomic E-state index is 0.322. The number of carbonyl (C=O) groups is 1. The minimum Gasteiger partial charge on any atom is -0.373 e. The molecule has 0 spiro atoms. The topological polar surface area (TPSA) is 68.5 Å². The number of nitrogens with zero attached hydrogens (tertiary/aromatic N) is 2. The van der Waals surface area contributed by atoms with Crippen molar-refractivity contribution < 1.29 is 9.53 Å². The summed E-state index contributed by atoms with van der Waals surface area (Å²) >= 11 is 0. The molecule has 1 amide bonds. The van der Waals surface area contributed by atoms with E-state index in [4.69, 9.17) is 10.5 Å². The van der Waals surface area contributed by atoms with E-state index in [0.29, 0.717) is 23.1 Å². The summed E-state index contributed by atoms with van der Waals surface area (Å²) in [4.78, 5) is 18.4. The molecule has 2 N–H and O–H groups in total. The smallest absolute Gasteiger partial charge is 0.267 e. The van der Waals surface area contributed by atoms with Crippen molar-refractivity contribution in [2.75, 3.05) is 20.7 Å². The zero-order valence-electron chi connectivity index (χ0n) is 16.2. The van der Waals surface area contributed by atoms with E-state index in [2.05, 4.69) is 23.9 Å². The van der Waals surface area contributed by atoms with Crippen molar-refractivity contribution in [2.24, 2.45) is 23.5 Å². The predicted molar refractivity (Wildman–Crippen MR) is 101 cm³/mol. The molecule has 26 heavy (non-hydrogen) atoms. The second-order valence-corrected chi connectivity index (χ2v) is 8.90. The molecule has 0 saturated heterocycles. The zero-order chi connectivity index (χ0) is 18.5. The molecular weight excluding hydrogens is 326 g/mol. The van der Waals surface area contributed by atoms with Gasteiger partial charge < -0.3 is 15.4 Å². The summed E-state index contributed by atoms with van der Waals surface area (Å²) < 4.78 is 6.30. The van der Waals surface area contributed by atoms with Gasteiger partial charge >= 0.3 is 0 Å². The Morgan fingerprint density at radius 3 is 2.69 bits per heavy atom. The lowest BCUT2D eigenvalue weighted by Gasteiger charge is -2.67. The molecular formula is C21H31N3O2. The van der Waals surface area contributed by atoms with Gasteiger partial charge in [0.15, 0.2) is 0 Å². The molecule has 1 aromatic heterocycles. The first-order chi connectivity index (χ1) is 12.4. The van der Waals surface area contributed by atoms with E-state index in [1.807, 2.05) is 19.2 Å². The molecule has 0 aliphatic heterocycles. The molecule has 5 heteroatoms. The molecule has 1 heterocycles. The highest BCUT2D eigenvalue weighted by Gasteiger charge is 2.59. The lowest BCUT2D eigenvalue weighted by atomic mass is 9.49. The summed E-state index contributed by atoms with van der Waals surface area (Å²) in [5, 5.41) is 0. The van der Waals surface area contributed by atoms with Gasteiger partial charge in [-0.25, -0.2) is 0 Å². The average Bonchev–Trinajstić information content (AvgIpc) is 2.53. The molecule has 2 bridgehead atoms. The first kappa shape index (κ1) is 17.9. The molecule has 3 atom stereocenters. The number of pyridine rings is 1. The molecule has 4 aliphatic carbocycles. The number of hydrogen-bond acceptors (Lipinski definition) is 4. The summed E-state index contributed by atoms with van der Waals surface area (Å²) in [7, 11) is 4.11. The Hall–Kier alpha value is -1.46. The fraction of sp³-hybridized carbons (Fsp3) is 0.714. The highest BCUT2D eigenvalue weighted by Crippen LogP contribution is 2.61. The second-order valence-electron chi connectivity index (χ2n) is 8.90. The van der Waals surface area contributed by atoms with Gasteiger partial charge in [0.2, 0.25) is 0 Å². The number of carbonyl (C=O) groups excluding carboxylic acids is 1. The van der Waals surface area contributed by atoms with Gasteiger partial charge in [-0.3, -0.25) is 9.78 Å². The molecule has 142 valence electrons.